The van der Waals surface area contributed by atoms with Crippen LogP contribution in [0.15, 0.2) is 0 Å². The zero-order chi connectivity index (χ0) is 31.8. The van der Waals surface area contributed by atoms with E-state index in [9.17, 15) is 12.8 Å². The number of nitrogens with one attached hydrogen (secondary N) is 5. The highest BCUT2D eigenvalue weighted by Crippen LogP contribution is 2.46. The summed E-state index contributed by atoms with van der Waals surface area (Å²) in [5.41, 5.74) is 6.17. The van der Waals surface area contributed by atoms with E-state index in [-0.39, 0.29) is 55.8 Å². The van der Waals surface area contributed by atoms with Gasteiger partial charge in [0, 0.05) is 37.4 Å². The molecular weight excluding hydrogens is 641 g/mol. The minimum absolute atomic E-state index is 0.0157. The molecule has 5 N–H and O–H groups in total. The predicted octanol–water partition coefficient (Wildman–Crippen LogP) is 2.14. The SMILES string of the molecule is COC1C(NC2CC(C)NN2)NC(SC2CCC(S(=O)(=O)C(C)(C)C3CC(F)CC(Cl)C3F)CC2F)NC1N1CCOCC1. The molecule has 0 radical (unpaired) electrons. The number of morpholine rings is 1. The number of nitrogens with zero attached hydrogens (tertiary/aromatic N) is 1. The van der Waals surface area contributed by atoms with Crippen molar-refractivity contribution in [2.45, 2.75) is 135 Å². The number of alkyl halides is 4. The molecule has 0 spiro atoms. The van der Waals surface area contributed by atoms with Crippen LogP contribution in [-0.2, 0) is 19.3 Å². The number of thioether (sulfide) groups is 1. The highest BCUT2D eigenvalue weighted by atomic mass is 35.5. The maximum absolute atomic E-state index is 15.9. The molecule has 3 heterocycles. The Bertz CT molecular complexity index is 1070. The van der Waals surface area contributed by atoms with E-state index in [2.05, 4.69) is 38.6 Å². The Labute approximate surface area is 269 Å². The van der Waals surface area contributed by atoms with Crippen molar-refractivity contribution >= 4 is 33.2 Å². The van der Waals surface area contributed by atoms with Crippen LogP contribution in [0.2, 0.25) is 0 Å². The molecular formula is C28H50ClF3N6O4S2. The molecule has 13 unspecified atom stereocenters. The Kier molecular flexibility index (Phi) is 11.8. The second-order valence-corrected chi connectivity index (χ2v) is 18.3. The molecule has 0 aromatic rings. The van der Waals surface area contributed by atoms with Gasteiger partial charge in [0.15, 0.2) is 9.84 Å². The van der Waals surface area contributed by atoms with Gasteiger partial charge >= 0.3 is 0 Å². The van der Waals surface area contributed by atoms with E-state index in [4.69, 9.17) is 21.1 Å². The molecule has 3 aliphatic heterocycles. The number of rotatable bonds is 9. The average molecular weight is 691 g/mol. The summed E-state index contributed by atoms with van der Waals surface area (Å²) in [6.45, 7) is 7.71. The van der Waals surface area contributed by atoms with Gasteiger partial charge in [-0.1, -0.05) is 0 Å². The van der Waals surface area contributed by atoms with Gasteiger partial charge in [-0.15, -0.1) is 23.4 Å². The van der Waals surface area contributed by atoms with Crippen molar-refractivity contribution in [3.05, 3.63) is 0 Å². The molecule has 5 rings (SSSR count). The zero-order valence-corrected chi connectivity index (χ0v) is 28.4. The van der Waals surface area contributed by atoms with Crippen LogP contribution in [0.4, 0.5) is 13.2 Å². The van der Waals surface area contributed by atoms with Crippen LogP contribution in [0, 0.1) is 5.92 Å². The number of hydrogen-bond donors (Lipinski definition) is 5. The highest BCUT2D eigenvalue weighted by Gasteiger charge is 2.54. The monoisotopic (exact) mass is 690 g/mol. The van der Waals surface area contributed by atoms with Gasteiger partial charge in [-0.05, 0) is 59.3 Å². The van der Waals surface area contributed by atoms with Crippen molar-refractivity contribution in [3.8, 4) is 0 Å². The minimum Gasteiger partial charge on any atom is -0.379 e. The Morgan fingerprint density at radius 2 is 1.77 bits per heavy atom. The first-order chi connectivity index (χ1) is 20.8. The molecule has 0 bridgehead atoms. The van der Waals surface area contributed by atoms with Gasteiger partial charge in [0.25, 0.3) is 0 Å². The second-order valence-electron chi connectivity index (χ2n) is 13.5. The van der Waals surface area contributed by atoms with Crippen molar-refractivity contribution in [2.75, 3.05) is 33.4 Å². The highest BCUT2D eigenvalue weighted by molar-refractivity contribution is 8.00. The fourth-order valence-electron chi connectivity index (χ4n) is 7.53. The normalized spacial score (nSPS) is 45.0. The third kappa shape index (κ3) is 7.53. The summed E-state index contributed by atoms with van der Waals surface area (Å²) >= 11 is 7.50. The summed E-state index contributed by atoms with van der Waals surface area (Å²) < 4.78 is 83.1. The number of sulfone groups is 1. The Hall–Kier alpha value is 0.0600. The predicted molar refractivity (Wildman–Crippen MR) is 167 cm³/mol. The Morgan fingerprint density at radius 3 is 2.41 bits per heavy atom. The molecule has 5 aliphatic rings. The van der Waals surface area contributed by atoms with E-state index in [0.717, 1.165) is 19.5 Å². The first-order valence-electron chi connectivity index (χ1n) is 15.9. The summed E-state index contributed by atoms with van der Waals surface area (Å²) in [6, 6.07) is 0.308. The molecule has 13 atom stereocenters. The lowest BCUT2D eigenvalue weighted by Gasteiger charge is -2.49. The van der Waals surface area contributed by atoms with Gasteiger partial charge in [-0.3, -0.25) is 26.3 Å². The zero-order valence-electron chi connectivity index (χ0n) is 26.0. The molecule has 10 nitrogen and oxygen atoms in total. The van der Waals surface area contributed by atoms with Gasteiger partial charge in [-0.2, -0.15) is 0 Å². The largest absolute Gasteiger partial charge is 0.379 e. The van der Waals surface area contributed by atoms with Gasteiger partial charge < -0.3 is 9.47 Å². The van der Waals surface area contributed by atoms with Crippen LogP contribution in [-0.4, -0.2) is 122 Å². The molecule has 3 saturated heterocycles. The Balaban J connectivity index is 1.25. The molecule has 2 saturated carbocycles. The van der Waals surface area contributed by atoms with Crippen LogP contribution >= 0.6 is 23.4 Å². The quantitative estimate of drug-likeness (QED) is 0.229. The lowest BCUT2D eigenvalue weighted by molar-refractivity contribution is -0.0829. The van der Waals surface area contributed by atoms with Crippen molar-refractivity contribution in [2.24, 2.45) is 5.92 Å². The van der Waals surface area contributed by atoms with E-state index >= 15 is 8.78 Å². The van der Waals surface area contributed by atoms with Gasteiger partial charge in [0.05, 0.1) is 47.1 Å². The third-order valence-corrected chi connectivity index (χ3v) is 15.2. The smallest absolute Gasteiger partial charge is 0.158 e. The maximum Gasteiger partial charge on any atom is 0.158 e. The standard InChI is InChI=1S/C28H50ClF3N6O4S2/c1-15-11-22(37-36-15)33-25-24(41-4)26(38-7-9-42-10-8-38)35-27(34-25)43-21-6-5-17(14-20(21)31)44(39,40)28(2,3)18-12-16(30)13-19(29)23(18)32/h15-27,33-37H,5-14H2,1-4H3. The van der Waals surface area contributed by atoms with E-state index in [1.165, 1.54) is 25.6 Å². The number of hydrogen-bond acceptors (Lipinski definition) is 11. The summed E-state index contributed by atoms with van der Waals surface area (Å²) in [6.07, 6.45) is -4.04. The average Bonchev–Trinajstić information content (AvgIpc) is 3.40. The lowest BCUT2D eigenvalue weighted by atomic mass is 9.78. The molecule has 16 heteroatoms. The topological polar surface area (TPSA) is 116 Å². The lowest BCUT2D eigenvalue weighted by Crippen LogP contribution is -2.75. The molecule has 0 aromatic carbocycles. The Morgan fingerprint density at radius 1 is 1.05 bits per heavy atom. The first kappa shape index (κ1) is 35.4. The number of hydrazine groups is 1. The number of halogens is 4. The van der Waals surface area contributed by atoms with Crippen LogP contribution in [0.3, 0.4) is 0 Å². The van der Waals surface area contributed by atoms with E-state index < -0.39 is 54.9 Å². The van der Waals surface area contributed by atoms with E-state index in [1.807, 2.05) is 0 Å². The van der Waals surface area contributed by atoms with Crippen molar-refractivity contribution < 1.29 is 31.1 Å². The third-order valence-electron chi connectivity index (χ3n) is 10.2. The fourth-order valence-corrected chi connectivity index (χ4v) is 11.6. The van der Waals surface area contributed by atoms with E-state index in [0.29, 0.717) is 25.7 Å². The van der Waals surface area contributed by atoms with Crippen LogP contribution in [0.5, 0.6) is 0 Å². The van der Waals surface area contributed by atoms with E-state index in [1.54, 1.807) is 7.11 Å². The van der Waals surface area contributed by atoms with Crippen molar-refractivity contribution in [3.63, 3.8) is 0 Å². The van der Waals surface area contributed by atoms with Crippen molar-refractivity contribution in [1.82, 2.24) is 31.7 Å². The van der Waals surface area contributed by atoms with Gasteiger partial charge in [0.1, 0.15) is 30.1 Å². The number of methoxy groups -OCH3 is 1. The minimum atomic E-state index is -3.99. The first-order valence-corrected chi connectivity index (χ1v) is 18.8. The van der Waals surface area contributed by atoms with Crippen LogP contribution < -0.4 is 26.8 Å². The van der Waals surface area contributed by atoms with Gasteiger partial charge in [0.2, 0.25) is 0 Å². The summed E-state index contributed by atoms with van der Waals surface area (Å²) in [4.78, 5) is 2.29. The van der Waals surface area contributed by atoms with Crippen LogP contribution in [0.25, 0.3) is 0 Å². The molecule has 0 aromatic heterocycles. The molecule has 256 valence electrons. The van der Waals surface area contributed by atoms with Crippen molar-refractivity contribution in [1.29, 1.82) is 0 Å². The summed E-state index contributed by atoms with van der Waals surface area (Å²) in [5, 5.41) is 8.33. The molecule has 0 amide bonds. The van der Waals surface area contributed by atoms with Gasteiger partial charge in [-0.25, -0.2) is 27.0 Å². The molecule has 2 aliphatic carbocycles. The summed E-state index contributed by atoms with van der Waals surface area (Å²) in [5.74, 6) is -1.08. The molecule has 44 heavy (non-hydrogen) atoms. The number of ether oxygens (including phenoxy) is 2. The maximum atomic E-state index is 15.9. The fraction of sp³-hybridized carbons (Fsp3) is 1.00. The summed E-state index contributed by atoms with van der Waals surface area (Å²) in [7, 11) is -2.31. The van der Waals surface area contributed by atoms with Crippen LogP contribution in [0.1, 0.15) is 59.3 Å². The second kappa shape index (κ2) is 14.7. The molecule has 5 fully saturated rings.